The molecule has 2 atom stereocenters. The van der Waals surface area contributed by atoms with Gasteiger partial charge in [-0.15, -0.1) is 0 Å². The second-order valence-corrected chi connectivity index (χ2v) is 5.89. The molecule has 0 aromatic rings. The summed E-state index contributed by atoms with van der Waals surface area (Å²) in [5.74, 6) is -0.585. The van der Waals surface area contributed by atoms with Gasteiger partial charge in [0, 0.05) is 6.20 Å². The van der Waals surface area contributed by atoms with Crippen LogP contribution in [0.3, 0.4) is 0 Å². The average molecular weight is 280 g/mol. The maximum absolute atomic E-state index is 11.9. The van der Waals surface area contributed by atoms with Gasteiger partial charge in [-0.1, -0.05) is 26.8 Å². The van der Waals surface area contributed by atoms with Crippen molar-refractivity contribution >= 4 is 17.9 Å². The maximum atomic E-state index is 11.9. The van der Waals surface area contributed by atoms with Gasteiger partial charge in [-0.25, -0.2) is 9.69 Å². The highest BCUT2D eigenvalue weighted by molar-refractivity contribution is 6.02. The van der Waals surface area contributed by atoms with E-state index in [1.165, 1.54) is 11.1 Å². The molecule has 1 saturated heterocycles. The second-order valence-electron chi connectivity index (χ2n) is 5.89. The summed E-state index contributed by atoms with van der Waals surface area (Å²) < 4.78 is 5.12. The molecule has 0 spiro atoms. The van der Waals surface area contributed by atoms with Gasteiger partial charge in [0.1, 0.15) is 6.54 Å². The first kappa shape index (κ1) is 14.6. The topological polar surface area (TPSA) is 66.9 Å². The normalized spacial score (nSPS) is 28.4. The SMILES string of the molecule is C/C=C\N1CC(=O)N(COC(=O)[C@@H]2C(C)C2(C)C)C1=O. The third kappa shape index (κ3) is 2.30. The van der Waals surface area contributed by atoms with Crippen LogP contribution in [0.2, 0.25) is 0 Å². The summed E-state index contributed by atoms with van der Waals surface area (Å²) in [6.07, 6.45) is 3.21. The summed E-state index contributed by atoms with van der Waals surface area (Å²) in [7, 11) is 0. The largest absolute Gasteiger partial charge is 0.443 e. The zero-order valence-corrected chi connectivity index (χ0v) is 12.3. The van der Waals surface area contributed by atoms with Gasteiger partial charge >= 0.3 is 12.0 Å². The standard InChI is InChI=1S/C14H20N2O4/c1-5-6-15-7-10(17)16(13(15)19)8-20-12(18)11-9(2)14(11,3)4/h5-6,9,11H,7-8H2,1-4H3/b6-5-/t9?,11-/m0/s1. The van der Waals surface area contributed by atoms with Crippen LogP contribution in [0.1, 0.15) is 27.7 Å². The molecule has 1 heterocycles. The van der Waals surface area contributed by atoms with Gasteiger partial charge in [0.15, 0.2) is 6.73 Å². The Morgan fingerprint density at radius 1 is 1.45 bits per heavy atom. The number of amides is 3. The third-order valence-corrected chi connectivity index (χ3v) is 4.37. The van der Waals surface area contributed by atoms with Crippen molar-refractivity contribution in [3.63, 3.8) is 0 Å². The van der Waals surface area contributed by atoms with Crippen molar-refractivity contribution in [3.8, 4) is 0 Å². The monoisotopic (exact) mass is 280 g/mol. The van der Waals surface area contributed by atoms with Crippen molar-refractivity contribution in [1.82, 2.24) is 9.80 Å². The van der Waals surface area contributed by atoms with Gasteiger partial charge in [-0.3, -0.25) is 14.5 Å². The fourth-order valence-electron chi connectivity index (χ4n) is 2.60. The van der Waals surface area contributed by atoms with Gasteiger partial charge in [0.25, 0.3) is 5.91 Å². The fraction of sp³-hybridized carbons (Fsp3) is 0.643. The molecule has 0 bridgehead atoms. The summed E-state index contributed by atoms with van der Waals surface area (Å²) in [6, 6.07) is -0.455. The van der Waals surface area contributed by atoms with E-state index in [0.29, 0.717) is 0 Å². The number of hydrogen-bond acceptors (Lipinski definition) is 4. The Morgan fingerprint density at radius 3 is 2.55 bits per heavy atom. The van der Waals surface area contributed by atoms with Crippen molar-refractivity contribution in [1.29, 1.82) is 0 Å². The molecule has 1 unspecified atom stereocenters. The Morgan fingerprint density at radius 2 is 2.05 bits per heavy atom. The number of carbonyl (C=O) groups is 3. The zero-order chi connectivity index (χ0) is 15.1. The van der Waals surface area contributed by atoms with Crippen LogP contribution in [-0.2, 0) is 14.3 Å². The highest BCUT2D eigenvalue weighted by Gasteiger charge is 2.60. The molecule has 20 heavy (non-hydrogen) atoms. The quantitative estimate of drug-likeness (QED) is 0.579. The van der Waals surface area contributed by atoms with E-state index < -0.39 is 6.03 Å². The number of esters is 1. The number of imide groups is 1. The van der Waals surface area contributed by atoms with Crippen molar-refractivity contribution in [2.75, 3.05) is 13.3 Å². The summed E-state index contributed by atoms with van der Waals surface area (Å²) >= 11 is 0. The molecule has 6 nitrogen and oxygen atoms in total. The highest BCUT2D eigenvalue weighted by atomic mass is 16.5. The van der Waals surface area contributed by atoms with Gasteiger partial charge in [0.2, 0.25) is 0 Å². The van der Waals surface area contributed by atoms with Crippen molar-refractivity contribution in [2.45, 2.75) is 27.7 Å². The molecule has 110 valence electrons. The molecule has 0 radical (unpaired) electrons. The number of rotatable bonds is 4. The molecule has 1 aliphatic carbocycles. The molecule has 1 saturated carbocycles. The predicted molar refractivity (Wildman–Crippen MR) is 71.2 cm³/mol. The molecule has 6 heteroatoms. The minimum absolute atomic E-state index is 0.00789. The number of nitrogens with zero attached hydrogens (tertiary/aromatic N) is 2. The van der Waals surface area contributed by atoms with Gasteiger partial charge < -0.3 is 4.74 Å². The fourth-order valence-corrected chi connectivity index (χ4v) is 2.60. The first-order valence-electron chi connectivity index (χ1n) is 6.71. The number of urea groups is 1. The van der Waals surface area contributed by atoms with Crippen LogP contribution in [0.15, 0.2) is 12.3 Å². The van der Waals surface area contributed by atoms with Gasteiger partial charge in [0.05, 0.1) is 5.92 Å². The van der Waals surface area contributed by atoms with Crippen molar-refractivity contribution < 1.29 is 19.1 Å². The summed E-state index contributed by atoms with van der Waals surface area (Å²) in [5.41, 5.74) is -0.0624. The van der Waals surface area contributed by atoms with E-state index in [-0.39, 0.29) is 42.4 Å². The molecule has 2 aliphatic rings. The van der Waals surface area contributed by atoms with E-state index in [4.69, 9.17) is 4.74 Å². The average Bonchev–Trinajstić information content (AvgIpc) is 2.74. The number of hydrogen-bond donors (Lipinski definition) is 0. The highest BCUT2D eigenvalue weighted by Crippen LogP contribution is 2.58. The molecule has 1 aliphatic heterocycles. The minimum Gasteiger partial charge on any atom is -0.443 e. The van der Waals surface area contributed by atoms with E-state index >= 15 is 0 Å². The number of allylic oxidation sites excluding steroid dienone is 1. The van der Waals surface area contributed by atoms with E-state index in [0.717, 1.165) is 4.90 Å². The van der Waals surface area contributed by atoms with Crippen molar-refractivity contribution in [2.24, 2.45) is 17.3 Å². The van der Waals surface area contributed by atoms with Crippen LogP contribution < -0.4 is 0 Å². The predicted octanol–water partition coefficient (Wildman–Crippen LogP) is 1.58. The lowest BCUT2D eigenvalue weighted by atomic mass is 10.1. The third-order valence-electron chi connectivity index (χ3n) is 4.37. The van der Waals surface area contributed by atoms with Gasteiger partial charge in [-0.2, -0.15) is 0 Å². The van der Waals surface area contributed by atoms with Crippen LogP contribution in [0, 0.1) is 17.3 Å². The molecule has 0 N–H and O–H groups in total. The molecular weight excluding hydrogens is 260 g/mol. The molecule has 0 aromatic heterocycles. The lowest BCUT2D eigenvalue weighted by molar-refractivity contribution is -0.151. The zero-order valence-electron chi connectivity index (χ0n) is 12.3. The van der Waals surface area contributed by atoms with E-state index in [2.05, 4.69) is 0 Å². The van der Waals surface area contributed by atoms with E-state index in [1.807, 2.05) is 20.8 Å². The summed E-state index contributed by atoms with van der Waals surface area (Å²) in [5, 5.41) is 0. The van der Waals surface area contributed by atoms with Crippen molar-refractivity contribution in [3.05, 3.63) is 12.3 Å². The molecule has 2 rings (SSSR count). The Bertz CT molecular complexity index is 484. The molecule has 0 aromatic carbocycles. The first-order chi connectivity index (χ1) is 9.30. The van der Waals surface area contributed by atoms with Crippen LogP contribution in [-0.4, -0.2) is 41.0 Å². The van der Waals surface area contributed by atoms with Crippen LogP contribution >= 0.6 is 0 Å². The Hall–Kier alpha value is -1.85. The molecule has 3 amide bonds. The number of carbonyl (C=O) groups excluding carboxylic acids is 3. The van der Waals surface area contributed by atoms with Crippen LogP contribution in [0.25, 0.3) is 0 Å². The molecular formula is C14H20N2O4. The van der Waals surface area contributed by atoms with Gasteiger partial charge in [-0.05, 0) is 18.3 Å². The van der Waals surface area contributed by atoms with Crippen LogP contribution in [0.4, 0.5) is 4.79 Å². The Labute approximate surface area is 118 Å². The summed E-state index contributed by atoms with van der Waals surface area (Å²) in [4.78, 5) is 37.7. The lowest BCUT2D eigenvalue weighted by Crippen LogP contribution is -2.34. The lowest BCUT2D eigenvalue weighted by Gasteiger charge is -2.14. The molecule has 2 fully saturated rings. The number of ether oxygens (including phenoxy) is 1. The Balaban J connectivity index is 1.90. The minimum atomic E-state index is -0.455. The summed E-state index contributed by atoms with van der Waals surface area (Å²) in [6.45, 7) is 7.45. The van der Waals surface area contributed by atoms with E-state index in [9.17, 15) is 14.4 Å². The van der Waals surface area contributed by atoms with E-state index in [1.54, 1.807) is 13.0 Å². The second kappa shape index (κ2) is 4.92. The first-order valence-corrected chi connectivity index (χ1v) is 6.71. The van der Waals surface area contributed by atoms with Crippen LogP contribution in [0.5, 0.6) is 0 Å². The Kier molecular flexibility index (Phi) is 3.58. The smallest absolute Gasteiger partial charge is 0.334 e. The maximum Gasteiger partial charge on any atom is 0.334 e.